The first-order valence-electron chi connectivity index (χ1n) is 8.55. The molecule has 1 aromatic carbocycles. The zero-order chi connectivity index (χ0) is 17.9. The maximum atomic E-state index is 9.55. The molecule has 0 aliphatic carbocycles. The maximum absolute atomic E-state index is 9.55. The number of fused-ring (bicyclic) bond motifs is 1. The largest absolute Gasteiger partial charge is 0.353 e. The van der Waals surface area contributed by atoms with Gasteiger partial charge in [0.05, 0.1) is 23.0 Å². The molecule has 4 rings (SSSR count). The van der Waals surface area contributed by atoms with Crippen LogP contribution in [0.25, 0.3) is 10.9 Å². The van der Waals surface area contributed by atoms with E-state index >= 15 is 0 Å². The molecule has 3 heterocycles. The van der Waals surface area contributed by atoms with Crippen LogP contribution in [0.4, 0.5) is 17.5 Å². The van der Waals surface area contributed by atoms with Gasteiger partial charge in [0, 0.05) is 37.8 Å². The number of aromatic nitrogens is 3. The molecule has 1 fully saturated rings. The van der Waals surface area contributed by atoms with Crippen molar-refractivity contribution in [1.82, 2.24) is 19.9 Å². The van der Waals surface area contributed by atoms with Crippen molar-refractivity contribution in [2.45, 2.75) is 0 Å². The number of pyridine rings is 1. The number of nitrogens with one attached hydrogen (secondary N) is 1. The first-order chi connectivity index (χ1) is 12.7. The third-order valence-electron chi connectivity index (χ3n) is 4.54. The van der Waals surface area contributed by atoms with Gasteiger partial charge in [0.2, 0.25) is 5.95 Å². The van der Waals surface area contributed by atoms with Crippen LogP contribution >= 0.6 is 0 Å². The van der Waals surface area contributed by atoms with Gasteiger partial charge in [-0.3, -0.25) is 0 Å². The lowest BCUT2D eigenvalue weighted by Gasteiger charge is -2.33. The minimum Gasteiger partial charge on any atom is -0.353 e. The van der Waals surface area contributed by atoms with Crippen LogP contribution in [0.2, 0.25) is 0 Å². The van der Waals surface area contributed by atoms with Gasteiger partial charge in [0.15, 0.2) is 0 Å². The number of para-hydroxylation sites is 1. The highest BCUT2D eigenvalue weighted by Gasteiger charge is 2.18. The molecule has 0 spiro atoms. The van der Waals surface area contributed by atoms with Crippen LogP contribution in [-0.2, 0) is 0 Å². The molecule has 1 aliphatic rings. The number of nitriles is 1. The van der Waals surface area contributed by atoms with Crippen LogP contribution in [0.1, 0.15) is 5.56 Å². The van der Waals surface area contributed by atoms with Crippen molar-refractivity contribution in [2.75, 3.05) is 43.4 Å². The fourth-order valence-corrected chi connectivity index (χ4v) is 3.04. The number of rotatable bonds is 3. The van der Waals surface area contributed by atoms with Gasteiger partial charge < -0.3 is 15.1 Å². The van der Waals surface area contributed by atoms with Crippen molar-refractivity contribution in [3.05, 3.63) is 48.3 Å². The van der Waals surface area contributed by atoms with E-state index in [1.165, 1.54) is 0 Å². The van der Waals surface area contributed by atoms with Gasteiger partial charge in [-0.1, -0.05) is 18.2 Å². The molecular formula is C19H19N7. The van der Waals surface area contributed by atoms with E-state index in [0.29, 0.717) is 17.2 Å². The highest BCUT2D eigenvalue weighted by atomic mass is 15.3. The summed E-state index contributed by atoms with van der Waals surface area (Å²) in [6.45, 7) is 3.69. The highest BCUT2D eigenvalue weighted by Crippen LogP contribution is 2.23. The van der Waals surface area contributed by atoms with Gasteiger partial charge in [0.25, 0.3) is 0 Å². The van der Waals surface area contributed by atoms with Crippen LogP contribution in [0.15, 0.2) is 42.7 Å². The first kappa shape index (κ1) is 16.2. The summed E-state index contributed by atoms with van der Waals surface area (Å²) in [6, 6.07) is 11.9. The summed E-state index contributed by atoms with van der Waals surface area (Å²) in [6.07, 6.45) is 3.51. The third kappa shape index (κ3) is 3.27. The summed E-state index contributed by atoms with van der Waals surface area (Å²) < 4.78 is 0. The smallest absolute Gasteiger partial charge is 0.227 e. The Labute approximate surface area is 151 Å². The minimum atomic E-state index is 0.488. The molecule has 2 aromatic heterocycles. The van der Waals surface area contributed by atoms with E-state index in [-0.39, 0.29) is 0 Å². The number of likely N-dealkylation sites (N-methyl/N-ethyl adjacent to an activating group) is 1. The van der Waals surface area contributed by atoms with Gasteiger partial charge in [-0.2, -0.15) is 5.26 Å². The quantitative estimate of drug-likeness (QED) is 0.780. The van der Waals surface area contributed by atoms with Gasteiger partial charge in [0.1, 0.15) is 11.9 Å². The Morgan fingerprint density at radius 1 is 1.08 bits per heavy atom. The van der Waals surface area contributed by atoms with Crippen LogP contribution in [0, 0.1) is 11.3 Å². The van der Waals surface area contributed by atoms with Crippen molar-refractivity contribution in [2.24, 2.45) is 0 Å². The molecule has 0 atom stereocenters. The number of benzene rings is 1. The number of piperazine rings is 1. The number of nitrogens with zero attached hydrogens (tertiary/aromatic N) is 6. The Kier molecular flexibility index (Phi) is 4.33. The highest BCUT2D eigenvalue weighted by molar-refractivity contribution is 5.79. The molecule has 130 valence electrons. The fourth-order valence-electron chi connectivity index (χ4n) is 3.04. The van der Waals surface area contributed by atoms with Crippen LogP contribution in [-0.4, -0.2) is 53.1 Å². The third-order valence-corrected chi connectivity index (χ3v) is 4.54. The van der Waals surface area contributed by atoms with Crippen molar-refractivity contribution in [3.63, 3.8) is 0 Å². The summed E-state index contributed by atoms with van der Waals surface area (Å²) >= 11 is 0. The monoisotopic (exact) mass is 345 g/mol. The van der Waals surface area contributed by atoms with E-state index in [1.54, 1.807) is 18.5 Å². The van der Waals surface area contributed by atoms with Gasteiger partial charge in [-0.05, 0) is 19.2 Å². The normalized spacial score (nSPS) is 15.0. The average Bonchev–Trinajstić information content (AvgIpc) is 2.68. The zero-order valence-electron chi connectivity index (χ0n) is 14.6. The SMILES string of the molecule is CN1CCN(c2ncc(Nc3ncc4ccccc4n3)cc2C#N)CC1. The molecule has 0 radical (unpaired) electrons. The molecule has 7 nitrogen and oxygen atoms in total. The van der Waals surface area contributed by atoms with Crippen molar-refractivity contribution in [3.8, 4) is 6.07 Å². The molecule has 26 heavy (non-hydrogen) atoms. The van der Waals surface area contributed by atoms with Crippen molar-refractivity contribution < 1.29 is 0 Å². The summed E-state index contributed by atoms with van der Waals surface area (Å²) in [5.74, 6) is 1.23. The number of anilines is 3. The maximum Gasteiger partial charge on any atom is 0.227 e. The molecule has 0 saturated carbocycles. The Morgan fingerprint density at radius 2 is 1.88 bits per heavy atom. The standard InChI is InChI=1S/C19H19N7/c1-25-6-8-26(9-7-25)18-15(11-20)10-16(13-21-18)23-19-22-12-14-4-2-3-5-17(14)24-19/h2-5,10,12-13H,6-9H2,1H3,(H,22,23,24). The Hall–Kier alpha value is -3.24. The van der Waals surface area contributed by atoms with E-state index in [4.69, 9.17) is 0 Å². The van der Waals surface area contributed by atoms with Crippen molar-refractivity contribution >= 4 is 28.4 Å². The lowest BCUT2D eigenvalue weighted by Crippen LogP contribution is -2.45. The zero-order valence-corrected chi connectivity index (χ0v) is 14.6. The lowest BCUT2D eigenvalue weighted by atomic mass is 10.2. The molecule has 1 aliphatic heterocycles. The van der Waals surface area contributed by atoms with Crippen molar-refractivity contribution in [1.29, 1.82) is 5.26 Å². The molecule has 7 heteroatoms. The van der Waals surface area contributed by atoms with E-state index < -0.39 is 0 Å². The molecule has 1 N–H and O–H groups in total. The predicted octanol–water partition coefficient (Wildman–Crippen LogP) is 2.39. The Bertz CT molecular complexity index is 971. The number of hydrogen-bond donors (Lipinski definition) is 1. The number of hydrogen-bond acceptors (Lipinski definition) is 7. The van der Waals surface area contributed by atoms with Gasteiger partial charge >= 0.3 is 0 Å². The van der Waals surface area contributed by atoms with Crippen LogP contribution < -0.4 is 10.2 Å². The first-order valence-corrected chi connectivity index (χ1v) is 8.55. The molecule has 3 aromatic rings. The summed E-state index contributed by atoms with van der Waals surface area (Å²) in [7, 11) is 2.10. The second-order valence-corrected chi connectivity index (χ2v) is 6.37. The molecule has 0 unspecified atom stereocenters. The minimum absolute atomic E-state index is 0.488. The van der Waals surface area contributed by atoms with E-state index in [1.807, 2.05) is 24.3 Å². The van der Waals surface area contributed by atoms with Gasteiger partial charge in [-0.25, -0.2) is 15.0 Å². The second kappa shape index (κ2) is 6.94. The average molecular weight is 345 g/mol. The van der Waals surface area contributed by atoms with E-state index in [9.17, 15) is 5.26 Å². The predicted molar refractivity (Wildman–Crippen MR) is 101 cm³/mol. The molecular weight excluding hydrogens is 326 g/mol. The van der Waals surface area contributed by atoms with Crippen LogP contribution in [0.3, 0.4) is 0 Å². The Morgan fingerprint density at radius 3 is 2.69 bits per heavy atom. The van der Waals surface area contributed by atoms with E-state index in [0.717, 1.165) is 42.9 Å². The summed E-state index contributed by atoms with van der Waals surface area (Å²) in [4.78, 5) is 17.8. The summed E-state index contributed by atoms with van der Waals surface area (Å²) in [5, 5.41) is 13.7. The lowest BCUT2D eigenvalue weighted by molar-refractivity contribution is 0.312. The van der Waals surface area contributed by atoms with E-state index in [2.05, 4.69) is 43.2 Å². The second-order valence-electron chi connectivity index (χ2n) is 6.37. The molecule has 1 saturated heterocycles. The summed E-state index contributed by atoms with van der Waals surface area (Å²) in [5.41, 5.74) is 2.13. The fraction of sp³-hybridized carbons (Fsp3) is 0.263. The van der Waals surface area contributed by atoms with Gasteiger partial charge in [-0.15, -0.1) is 0 Å². The Balaban J connectivity index is 1.58. The van der Waals surface area contributed by atoms with Crippen LogP contribution in [0.5, 0.6) is 0 Å². The topological polar surface area (TPSA) is 81.0 Å². The molecule has 0 amide bonds. The molecule has 0 bridgehead atoms.